The summed E-state index contributed by atoms with van der Waals surface area (Å²) >= 11 is 0. The van der Waals surface area contributed by atoms with Gasteiger partial charge in [-0.3, -0.25) is 0 Å². The zero-order chi connectivity index (χ0) is 15.3. The Balaban J connectivity index is 1.97. The second-order valence-electron chi connectivity index (χ2n) is 6.12. The van der Waals surface area contributed by atoms with E-state index in [2.05, 4.69) is 26.0 Å². The summed E-state index contributed by atoms with van der Waals surface area (Å²) in [6.45, 7) is 5.07. The molecule has 2 N–H and O–H groups in total. The van der Waals surface area contributed by atoms with Gasteiger partial charge in [0.05, 0.1) is 6.61 Å². The third-order valence-corrected chi connectivity index (χ3v) is 3.93. The predicted octanol–water partition coefficient (Wildman–Crippen LogP) is 5.23. The molecule has 0 fully saturated rings. The molecule has 0 aliphatic carbocycles. The fourth-order valence-electron chi connectivity index (χ4n) is 2.54. The van der Waals surface area contributed by atoms with Crippen LogP contribution >= 0.6 is 0 Å². The van der Waals surface area contributed by atoms with E-state index in [-0.39, 0.29) is 6.04 Å². The van der Waals surface area contributed by atoms with Gasteiger partial charge in [-0.05, 0) is 37.5 Å². The first-order valence-electron chi connectivity index (χ1n) is 8.67. The van der Waals surface area contributed by atoms with Crippen LogP contribution < -0.4 is 10.5 Å². The molecule has 0 heterocycles. The minimum atomic E-state index is 0.283. The topological polar surface area (TPSA) is 35.2 Å². The molecule has 0 aliphatic rings. The van der Waals surface area contributed by atoms with E-state index in [9.17, 15) is 0 Å². The Kier molecular flexibility index (Phi) is 9.98. The minimum absolute atomic E-state index is 0.283. The fourth-order valence-corrected chi connectivity index (χ4v) is 2.54. The molecule has 0 amide bonds. The molecule has 0 aromatic heterocycles. The highest BCUT2D eigenvalue weighted by Gasteiger charge is 2.03. The molecular formula is C19H33NO. The fraction of sp³-hybridized carbons (Fsp3) is 0.684. The van der Waals surface area contributed by atoms with Crippen LogP contribution in [0.5, 0.6) is 5.75 Å². The summed E-state index contributed by atoms with van der Waals surface area (Å²) in [6.07, 6.45) is 11.5. The second-order valence-corrected chi connectivity index (χ2v) is 6.12. The molecule has 1 rings (SSSR count). The summed E-state index contributed by atoms with van der Waals surface area (Å²) in [4.78, 5) is 0. The lowest BCUT2D eigenvalue weighted by Crippen LogP contribution is -2.22. The van der Waals surface area contributed by atoms with Crippen molar-refractivity contribution < 1.29 is 4.74 Å². The van der Waals surface area contributed by atoms with Crippen LogP contribution in [0.4, 0.5) is 0 Å². The quantitative estimate of drug-likeness (QED) is 0.535. The summed E-state index contributed by atoms with van der Waals surface area (Å²) in [5.41, 5.74) is 7.39. The Labute approximate surface area is 131 Å². The van der Waals surface area contributed by atoms with Crippen molar-refractivity contribution in [1.29, 1.82) is 0 Å². The first-order valence-corrected chi connectivity index (χ1v) is 8.67. The third-order valence-electron chi connectivity index (χ3n) is 3.93. The number of rotatable bonds is 12. The lowest BCUT2D eigenvalue weighted by atomic mass is 10.0. The van der Waals surface area contributed by atoms with E-state index in [1.807, 2.05) is 12.1 Å². The lowest BCUT2D eigenvalue weighted by molar-refractivity contribution is 0.293. The van der Waals surface area contributed by atoms with E-state index >= 15 is 0 Å². The highest BCUT2D eigenvalue weighted by molar-refractivity contribution is 5.27. The maximum absolute atomic E-state index is 6.15. The molecule has 21 heavy (non-hydrogen) atoms. The minimum Gasteiger partial charge on any atom is -0.494 e. The number of aryl methyl sites for hydroxylation is 1. The van der Waals surface area contributed by atoms with E-state index in [1.165, 1.54) is 50.5 Å². The summed E-state index contributed by atoms with van der Waals surface area (Å²) in [7, 11) is 0. The lowest BCUT2D eigenvalue weighted by Gasteiger charge is -2.12. The van der Waals surface area contributed by atoms with Crippen LogP contribution in [0.25, 0.3) is 0 Å². The highest BCUT2D eigenvalue weighted by atomic mass is 16.5. The normalized spacial score (nSPS) is 12.3. The van der Waals surface area contributed by atoms with Gasteiger partial charge in [0.25, 0.3) is 0 Å². The smallest absolute Gasteiger partial charge is 0.119 e. The standard InChI is InChI=1S/C19H33NO/c1-3-4-5-6-7-8-9-12-18(20)14-15-21-19-13-10-11-17(2)16-19/h10-11,13,16,18H,3-9,12,14-15,20H2,1-2H3. The van der Waals surface area contributed by atoms with Crippen molar-refractivity contribution in [3.05, 3.63) is 29.8 Å². The number of ether oxygens (including phenoxy) is 1. The summed E-state index contributed by atoms with van der Waals surface area (Å²) in [5.74, 6) is 0.957. The predicted molar refractivity (Wildman–Crippen MR) is 91.9 cm³/mol. The van der Waals surface area contributed by atoms with Gasteiger partial charge in [0.1, 0.15) is 5.75 Å². The molecule has 1 atom stereocenters. The van der Waals surface area contributed by atoms with Crippen molar-refractivity contribution in [3.8, 4) is 5.75 Å². The van der Waals surface area contributed by atoms with Gasteiger partial charge in [0, 0.05) is 6.04 Å². The molecule has 0 radical (unpaired) electrons. The zero-order valence-electron chi connectivity index (χ0n) is 13.9. The molecule has 1 aromatic carbocycles. The van der Waals surface area contributed by atoms with Crippen LogP contribution in [0.1, 0.15) is 70.3 Å². The molecule has 0 aliphatic heterocycles. The van der Waals surface area contributed by atoms with Gasteiger partial charge in [-0.25, -0.2) is 0 Å². The van der Waals surface area contributed by atoms with Crippen molar-refractivity contribution >= 4 is 0 Å². The Morgan fingerprint density at radius 1 is 1.00 bits per heavy atom. The van der Waals surface area contributed by atoms with Crippen LogP contribution in [0.15, 0.2) is 24.3 Å². The Morgan fingerprint density at radius 3 is 2.43 bits per heavy atom. The molecule has 2 nitrogen and oxygen atoms in total. The van der Waals surface area contributed by atoms with Crippen molar-refractivity contribution in [2.24, 2.45) is 5.73 Å². The van der Waals surface area contributed by atoms with Gasteiger partial charge in [-0.15, -0.1) is 0 Å². The number of hydrogen-bond acceptors (Lipinski definition) is 2. The van der Waals surface area contributed by atoms with Crippen LogP contribution in [-0.2, 0) is 0 Å². The van der Waals surface area contributed by atoms with Gasteiger partial charge in [-0.1, -0.05) is 64.0 Å². The number of hydrogen-bond donors (Lipinski definition) is 1. The number of benzene rings is 1. The molecule has 0 spiro atoms. The van der Waals surface area contributed by atoms with Gasteiger partial charge < -0.3 is 10.5 Å². The third kappa shape index (κ3) is 9.52. The van der Waals surface area contributed by atoms with Gasteiger partial charge in [-0.2, -0.15) is 0 Å². The Morgan fingerprint density at radius 2 is 1.71 bits per heavy atom. The average Bonchev–Trinajstić information content (AvgIpc) is 2.46. The van der Waals surface area contributed by atoms with Crippen molar-refractivity contribution in [2.75, 3.05) is 6.61 Å². The molecular weight excluding hydrogens is 258 g/mol. The van der Waals surface area contributed by atoms with Crippen LogP contribution in [0.2, 0.25) is 0 Å². The van der Waals surface area contributed by atoms with Gasteiger partial charge in [0.2, 0.25) is 0 Å². The van der Waals surface area contributed by atoms with E-state index in [4.69, 9.17) is 10.5 Å². The van der Waals surface area contributed by atoms with E-state index < -0.39 is 0 Å². The monoisotopic (exact) mass is 291 g/mol. The van der Waals surface area contributed by atoms with Crippen LogP contribution in [-0.4, -0.2) is 12.6 Å². The molecule has 0 bridgehead atoms. The largest absolute Gasteiger partial charge is 0.494 e. The van der Waals surface area contributed by atoms with Crippen LogP contribution in [0, 0.1) is 6.92 Å². The maximum Gasteiger partial charge on any atom is 0.119 e. The van der Waals surface area contributed by atoms with Crippen molar-refractivity contribution in [1.82, 2.24) is 0 Å². The van der Waals surface area contributed by atoms with Gasteiger partial charge in [0.15, 0.2) is 0 Å². The first-order chi connectivity index (χ1) is 10.2. The molecule has 2 heteroatoms. The first kappa shape index (κ1) is 18.0. The maximum atomic E-state index is 6.15. The van der Waals surface area contributed by atoms with Crippen molar-refractivity contribution in [3.63, 3.8) is 0 Å². The molecule has 0 saturated carbocycles. The van der Waals surface area contributed by atoms with Crippen LogP contribution in [0.3, 0.4) is 0 Å². The number of nitrogens with two attached hydrogens (primary N) is 1. The summed E-state index contributed by atoms with van der Waals surface area (Å²) in [6, 6.07) is 8.48. The van der Waals surface area contributed by atoms with E-state index in [1.54, 1.807) is 0 Å². The Hall–Kier alpha value is -1.02. The molecule has 1 aromatic rings. The SMILES string of the molecule is CCCCCCCCCC(N)CCOc1cccc(C)c1. The zero-order valence-corrected chi connectivity index (χ0v) is 13.9. The van der Waals surface area contributed by atoms with Gasteiger partial charge >= 0.3 is 0 Å². The molecule has 0 saturated heterocycles. The second kappa shape index (κ2) is 11.6. The molecule has 1 unspecified atom stereocenters. The summed E-state index contributed by atoms with van der Waals surface area (Å²) < 4.78 is 5.75. The average molecular weight is 291 g/mol. The van der Waals surface area contributed by atoms with Crippen molar-refractivity contribution in [2.45, 2.75) is 77.7 Å². The Bertz CT molecular complexity index is 364. The molecule has 120 valence electrons. The van der Waals surface area contributed by atoms with E-state index in [0.29, 0.717) is 0 Å². The van der Waals surface area contributed by atoms with E-state index in [0.717, 1.165) is 25.2 Å². The highest BCUT2D eigenvalue weighted by Crippen LogP contribution is 2.14. The summed E-state index contributed by atoms with van der Waals surface area (Å²) in [5, 5.41) is 0. The number of unbranched alkanes of at least 4 members (excludes halogenated alkanes) is 6.